The van der Waals surface area contributed by atoms with Gasteiger partial charge in [-0.1, -0.05) is 18.2 Å². The Bertz CT molecular complexity index is 526. The van der Waals surface area contributed by atoms with Gasteiger partial charge in [0, 0.05) is 12.2 Å². The molecule has 2 aliphatic rings. The molecular weight excluding hydrogens is 242 g/mol. The van der Waals surface area contributed by atoms with Gasteiger partial charge >= 0.3 is 5.97 Å². The minimum Gasteiger partial charge on any atom is -0.481 e. The largest absolute Gasteiger partial charge is 0.481 e. The number of carbonyl (C=O) groups excluding carboxylic acids is 1. The van der Waals surface area contributed by atoms with Gasteiger partial charge in [-0.05, 0) is 37.3 Å². The topological polar surface area (TPSA) is 57.6 Å². The number of carbonyl (C=O) groups is 2. The van der Waals surface area contributed by atoms with Crippen LogP contribution in [0.3, 0.4) is 0 Å². The first-order valence-corrected chi connectivity index (χ1v) is 6.80. The highest BCUT2D eigenvalue weighted by Crippen LogP contribution is 2.41. The zero-order chi connectivity index (χ0) is 13.4. The predicted octanol–water partition coefficient (Wildman–Crippen LogP) is 2.08. The van der Waals surface area contributed by atoms with Gasteiger partial charge in [0.05, 0.1) is 11.8 Å². The third-order valence-corrected chi connectivity index (χ3v) is 4.05. The fourth-order valence-corrected chi connectivity index (χ4v) is 2.86. The summed E-state index contributed by atoms with van der Waals surface area (Å²) in [5.41, 5.74) is 2.17. The Kier molecular flexibility index (Phi) is 3.01. The zero-order valence-corrected chi connectivity index (χ0v) is 10.7. The van der Waals surface area contributed by atoms with Gasteiger partial charge in [0.15, 0.2) is 0 Å². The van der Waals surface area contributed by atoms with E-state index in [0.29, 0.717) is 13.0 Å². The lowest BCUT2D eigenvalue weighted by atomic mass is 10.1. The average Bonchev–Trinajstić information content (AvgIpc) is 3.21. The van der Waals surface area contributed by atoms with Crippen molar-refractivity contribution in [1.29, 1.82) is 0 Å². The minimum atomic E-state index is -0.846. The molecule has 1 N–H and O–H groups in total. The van der Waals surface area contributed by atoms with E-state index < -0.39 is 11.9 Å². The molecule has 3 rings (SSSR count). The molecule has 1 saturated carbocycles. The maximum absolute atomic E-state index is 12.5. The van der Waals surface area contributed by atoms with E-state index in [1.807, 2.05) is 18.2 Å². The third-order valence-electron chi connectivity index (χ3n) is 4.05. The normalized spacial score (nSPS) is 25.4. The maximum Gasteiger partial charge on any atom is 0.307 e. The molecule has 0 saturated heterocycles. The molecular formula is C15H17NO3. The molecule has 0 bridgehead atoms. The molecule has 0 unspecified atom stereocenters. The van der Waals surface area contributed by atoms with Crippen molar-refractivity contribution in [3.63, 3.8) is 0 Å². The molecule has 4 heteroatoms. The Morgan fingerprint density at radius 3 is 2.68 bits per heavy atom. The highest BCUT2D eigenvalue weighted by atomic mass is 16.4. The van der Waals surface area contributed by atoms with Gasteiger partial charge in [0.2, 0.25) is 5.91 Å². The van der Waals surface area contributed by atoms with E-state index in [0.717, 1.165) is 24.9 Å². The predicted molar refractivity (Wildman–Crippen MR) is 71.0 cm³/mol. The van der Waals surface area contributed by atoms with E-state index in [1.54, 1.807) is 4.90 Å². The Labute approximate surface area is 112 Å². The molecule has 1 aliphatic heterocycles. The monoisotopic (exact) mass is 259 g/mol. The van der Waals surface area contributed by atoms with Crippen LogP contribution in [0.25, 0.3) is 0 Å². The Morgan fingerprint density at radius 2 is 1.95 bits per heavy atom. The minimum absolute atomic E-state index is 0.0123. The van der Waals surface area contributed by atoms with Crippen molar-refractivity contribution in [3.8, 4) is 0 Å². The first-order chi connectivity index (χ1) is 9.18. The molecule has 1 fully saturated rings. The van der Waals surface area contributed by atoms with Gasteiger partial charge in [-0.3, -0.25) is 9.59 Å². The van der Waals surface area contributed by atoms with Crippen LogP contribution in [0.1, 0.15) is 24.8 Å². The second kappa shape index (κ2) is 4.68. The van der Waals surface area contributed by atoms with Crippen molar-refractivity contribution in [2.75, 3.05) is 11.4 Å². The van der Waals surface area contributed by atoms with E-state index >= 15 is 0 Å². The number of hydrogen-bond acceptors (Lipinski definition) is 2. The van der Waals surface area contributed by atoms with Crippen LogP contribution >= 0.6 is 0 Å². The smallest absolute Gasteiger partial charge is 0.307 e. The molecule has 0 aromatic heterocycles. The van der Waals surface area contributed by atoms with Crippen molar-refractivity contribution < 1.29 is 14.7 Å². The maximum atomic E-state index is 12.5. The number of amides is 1. The molecule has 1 aromatic carbocycles. The number of nitrogens with zero attached hydrogens (tertiary/aromatic N) is 1. The Hall–Kier alpha value is -1.84. The van der Waals surface area contributed by atoms with Gasteiger partial charge < -0.3 is 10.0 Å². The second-order valence-electron chi connectivity index (χ2n) is 5.36. The summed E-state index contributed by atoms with van der Waals surface area (Å²) in [5.74, 6) is -1.64. The standard InChI is InChI=1S/C15H17NO3/c17-14(11-9-12(11)15(18)19)16-8-4-3-6-10-5-1-2-7-13(10)16/h1-2,5,7,11-12H,3-4,6,8-9H2,(H,18,19)/t11-,12+/m1/s1. The lowest BCUT2D eigenvalue weighted by molar-refractivity contribution is -0.140. The number of aliphatic carboxylic acids is 1. The highest BCUT2D eigenvalue weighted by molar-refractivity contribution is 6.00. The lowest BCUT2D eigenvalue weighted by Crippen LogP contribution is -2.33. The van der Waals surface area contributed by atoms with Crippen LogP contribution in [0.5, 0.6) is 0 Å². The van der Waals surface area contributed by atoms with Crippen LogP contribution in [-0.2, 0) is 16.0 Å². The second-order valence-corrected chi connectivity index (χ2v) is 5.36. The molecule has 1 aromatic rings. The van der Waals surface area contributed by atoms with E-state index in [-0.39, 0.29) is 11.8 Å². The number of rotatable bonds is 2. The summed E-state index contributed by atoms with van der Waals surface area (Å²) in [7, 11) is 0. The van der Waals surface area contributed by atoms with Crippen LogP contribution in [0.4, 0.5) is 5.69 Å². The summed E-state index contributed by atoms with van der Waals surface area (Å²) in [5, 5.41) is 8.95. The number of fused-ring (bicyclic) bond motifs is 1. The molecule has 1 amide bonds. The summed E-state index contributed by atoms with van der Waals surface area (Å²) in [6.07, 6.45) is 3.54. The fraction of sp³-hybridized carbons (Fsp3) is 0.467. The van der Waals surface area contributed by atoms with Gasteiger partial charge in [-0.2, -0.15) is 0 Å². The van der Waals surface area contributed by atoms with Crippen molar-refractivity contribution in [1.82, 2.24) is 0 Å². The van der Waals surface area contributed by atoms with Crippen LogP contribution in [0, 0.1) is 11.8 Å². The molecule has 0 radical (unpaired) electrons. The first-order valence-electron chi connectivity index (χ1n) is 6.80. The molecule has 1 aliphatic carbocycles. The number of aryl methyl sites for hydroxylation is 1. The van der Waals surface area contributed by atoms with E-state index in [9.17, 15) is 9.59 Å². The summed E-state index contributed by atoms with van der Waals surface area (Å²) >= 11 is 0. The summed E-state index contributed by atoms with van der Waals surface area (Å²) in [6.45, 7) is 0.707. The van der Waals surface area contributed by atoms with Crippen molar-refractivity contribution in [3.05, 3.63) is 29.8 Å². The van der Waals surface area contributed by atoms with Gasteiger partial charge in [-0.15, -0.1) is 0 Å². The molecule has 4 nitrogen and oxygen atoms in total. The number of anilines is 1. The molecule has 1 heterocycles. The van der Waals surface area contributed by atoms with Crippen LogP contribution in [-0.4, -0.2) is 23.5 Å². The number of para-hydroxylation sites is 1. The van der Waals surface area contributed by atoms with Crippen molar-refractivity contribution in [2.45, 2.75) is 25.7 Å². The average molecular weight is 259 g/mol. The zero-order valence-electron chi connectivity index (χ0n) is 10.7. The molecule has 19 heavy (non-hydrogen) atoms. The molecule has 2 atom stereocenters. The third kappa shape index (κ3) is 2.23. The summed E-state index contributed by atoms with van der Waals surface area (Å²) in [4.78, 5) is 25.2. The van der Waals surface area contributed by atoms with E-state index in [2.05, 4.69) is 6.07 Å². The lowest BCUT2D eigenvalue weighted by Gasteiger charge is -2.23. The van der Waals surface area contributed by atoms with Gasteiger partial charge in [-0.25, -0.2) is 0 Å². The quantitative estimate of drug-likeness (QED) is 0.884. The van der Waals surface area contributed by atoms with Gasteiger partial charge in [0.1, 0.15) is 0 Å². The first kappa shape index (κ1) is 12.2. The molecule has 100 valence electrons. The number of carboxylic acid groups (broad SMARTS) is 1. The van der Waals surface area contributed by atoms with E-state index in [4.69, 9.17) is 5.11 Å². The number of benzene rings is 1. The Balaban J connectivity index is 1.85. The van der Waals surface area contributed by atoms with Crippen molar-refractivity contribution >= 4 is 17.6 Å². The van der Waals surface area contributed by atoms with Gasteiger partial charge in [0.25, 0.3) is 0 Å². The van der Waals surface area contributed by atoms with Crippen LogP contribution in [0.15, 0.2) is 24.3 Å². The Morgan fingerprint density at radius 1 is 1.16 bits per heavy atom. The van der Waals surface area contributed by atoms with Crippen LogP contribution in [0.2, 0.25) is 0 Å². The highest BCUT2D eigenvalue weighted by Gasteiger charge is 2.50. The number of carboxylic acids is 1. The number of hydrogen-bond donors (Lipinski definition) is 1. The summed E-state index contributed by atoms with van der Waals surface area (Å²) in [6, 6.07) is 7.95. The fourth-order valence-electron chi connectivity index (χ4n) is 2.86. The molecule has 0 spiro atoms. The van der Waals surface area contributed by atoms with E-state index in [1.165, 1.54) is 5.56 Å². The summed E-state index contributed by atoms with van der Waals surface area (Å²) < 4.78 is 0. The van der Waals surface area contributed by atoms with Crippen LogP contribution < -0.4 is 4.90 Å². The van der Waals surface area contributed by atoms with Crippen molar-refractivity contribution in [2.24, 2.45) is 11.8 Å². The SMILES string of the molecule is O=C(O)[C@H]1C[C@H]1C(=O)N1CCCCc2ccccc21.